The molecule has 0 spiro atoms. The van der Waals surface area contributed by atoms with Crippen molar-refractivity contribution in [2.45, 2.75) is 500 Å². The van der Waals surface area contributed by atoms with Crippen LogP contribution in [0, 0.1) is 43.3 Å². The van der Waals surface area contributed by atoms with Crippen LogP contribution in [-0.4, -0.2) is 44.8 Å². The fourth-order valence-electron chi connectivity index (χ4n) is 11.1. The zero-order chi connectivity index (χ0) is 93.8. The number of rotatable bonds is 43. The highest BCUT2D eigenvalue weighted by atomic mass is 16.3. The van der Waals surface area contributed by atoms with Crippen molar-refractivity contribution < 1.29 is 20.4 Å². The molecule has 119 heavy (non-hydrogen) atoms. The van der Waals surface area contributed by atoms with Gasteiger partial charge in [0.15, 0.2) is 0 Å². The van der Waals surface area contributed by atoms with E-state index in [0.717, 1.165) is 131 Å². The number of aliphatic hydroxyl groups excluding tert-OH is 4. The van der Waals surface area contributed by atoms with Crippen LogP contribution in [0.15, 0.2) is 190 Å². The van der Waals surface area contributed by atoms with E-state index in [1.165, 1.54) is 107 Å². The van der Waals surface area contributed by atoms with Gasteiger partial charge in [0.1, 0.15) is 0 Å². The standard InChI is InChI=1S/2C15H28O.C15H28.2C14H26O.3C14H26/c2*1-6-7-8-9-10-13(2)14(16)11-12-15(3,4)5;1-6-7-8-9-11-14(2)12-10-13-15(3,4)5;2*1-6-7-8-9-12(2)13(15)10-11-14(3,4)5;3*1-6-7-8-10-13(2)11-9-12-14(3,4)5/h2*7-8,10,14,16H,6,9,11-12H2,1-5H3;7-8,12H,6,9-11,13H2,1-5H3;2*6-7,9,13,15H,8,10-11H2,1-5H3;6-7,11H,8-10,12H2,1-5H3;2*6-7,10H,8-9,11-12H2,1-5H3/b8-7+,13-10+;8-7+,13-10-;8-7+,14-12+;7-6+,12-9+;7-6+,12-9-;7-6+,13-11+;7-6+,13-10+;7-6+,13-10-. The minimum absolute atomic E-state index is 0.269. The molecule has 0 aliphatic rings. The molecule has 0 radical (unpaired) electrons. The van der Waals surface area contributed by atoms with Crippen LogP contribution in [0.25, 0.3) is 0 Å². The zero-order valence-corrected chi connectivity index (χ0v) is 87.9. The predicted molar refractivity (Wildman–Crippen MR) is 551 cm³/mol. The molecule has 0 saturated carbocycles. The van der Waals surface area contributed by atoms with Crippen LogP contribution in [-0.2, 0) is 0 Å². The molecule has 4 heteroatoms. The molecule has 0 aromatic heterocycles. The molecule has 4 nitrogen and oxygen atoms in total. The second-order valence-electron chi connectivity index (χ2n) is 43.5. The molecule has 0 aromatic carbocycles. The van der Waals surface area contributed by atoms with E-state index in [0.29, 0.717) is 43.3 Å². The fraction of sp³-hybridized carbons (Fsp3) is 0.722. The third kappa shape index (κ3) is 125. The Hall–Kier alpha value is -4.32. The van der Waals surface area contributed by atoms with Crippen LogP contribution in [0.4, 0.5) is 0 Å². The van der Waals surface area contributed by atoms with Crippen LogP contribution in [0.1, 0.15) is 476 Å². The van der Waals surface area contributed by atoms with Gasteiger partial charge in [-0.15, -0.1) is 0 Å². The fourth-order valence-corrected chi connectivity index (χ4v) is 11.1. The van der Waals surface area contributed by atoms with Crippen LogP contribution in [0.3, 0.4) is 0 Å². The number of hydrogen-bond acceptors (Lipinski definition) is 4. The molecule has 4 atom stereocenters. The third-order valence-corrected chi connectivity index (χ3v) is 19.8. The Morgan fingerprint density at radius 1 is 0.218 bits per heavy atom. The Bertz CT molecular complexity index is 2690. The van der Waals surface area contributed by atoms with E-state index in [2.05, 4.69) is 369 Å². The van der Waals surface area contributed by atoms with Gasteiger partial charge < -0.3 is 20.4 Å². The Morgan fingerprint density at radius 3 is 0.639 bits per heavy atom. The van der Waals surface area contributed by atoms with E-state index < -0.39 is 0 Å². The smallest absolute Gasteiger partial charge is 0.0747 e. The molecule has 0 saturated heterocycles. The summed E-state index contributed by atoms with van der Waals surface area (Å²) in [5.74, 6) is 0. The SMILES string of the molecule is C/C=C/C/C=C(/C)C(O)CCC(C)(C)C.C/C=C/C/C=C(/C)CCCC(C)(C)C.C/C=C/C/C=C(\C)C(O)CCC(C)(C)C.C/C=C/C/C=C(\C)CCCC(C)(C)C.C/C=C/CC/C(C)=C/CCC(C)(C)C.CC/C=C/C/C=C(/C)C(O)CCC(C)(C)C.CC/C=C/C/C=C(\C)C(O)CCC(C)(C)C.CC/C=C/CC/C(C)=C/CCC(C)(C)C. The van der Waals surface area contributed by atoms with Crippen LogP contribution in [0.5, 0.6) is 0 Å². The molecule has 4 N–H and O–H groups in total. The molecule has 0 aromatic rings. The van der Waals surface area contributed by atoms with Crippen molar-refractivity contribution in [1.29, 1.82) is 0 Å². The molecule has 698 valence electrons. The average molecular weight is 1660 g/mol. The van der Waals surface area contributed by atoms with Crippen molar-refractivity contribution in [3.8, 4) is 0 Å². The summed E-state index contributed by atoms with van der Waals surface area (Å²) in [6, 6.07) is 0. The highest BCUT2D eigenvalue weighted by molar-refractivity contribution is 5.11. The van der Waals surface area contributed by atoms with Crippen molar-refractivity contribution in [2.75, 3.05) is 0 Å². The first-order chi connectivity index (χ1) is 54.8. The minimum Gasteiger partial charge on any atom is -0.389 e. The largest absolute Gasteiger partial charge is 0.389 e. The van der Waals surface area contributed by atoms with Gasteiger partial charge in [-0.3, -0.25) is 0 Å². The van der Waals surface area contributed by atoms with Crippen LogP contribution < -0.4 is 0 Å². The summed E-state index contributed by atoms with van der Waals surface area (Å²) in [5.41, 5.74) is 13.7. The molecule has 4 unspecified atom stereocenters. The van der Waals surface area contributed by atoms with Gasteiger partial charge in [0.05, 0.1) is 24.4 Å². The van der Waals surface area contributed by atoms with Crippen LogP contribution >= 0.6 is 0 Å². The molecule has 0 amide bonds. The number of allylic oxidation sites excluding steroid dienone is 28. The number of hydrogen-bond donors (Lipinski definition) is 4. The lowest BCUT2D eigenvalue weighted by atomic mass is 9.88. The summed E-state index contributed by atoms with van der Waals surface area (Å²) in [7, 11) is 0. The average Bonchev–Trinajstić information content (AvgIpc) is 0.951. The summed E-state index contributed by atoms with van der Waals surface area (Å²) in [6.45, 7) is 87.9. The Labute approximate surface area is 750 Å². The quantitative estimate of drug-likeness (QED) is 0.0459. The summed E-state index contributed by atoms with van der Waals surface area (Å²) >= 11 is 0. The van der Waals surface area contributed by atoms with Gasteiger partial charge in [-0.1, -0.05) is 355 Å². The first-order valence-corrected chi connectivity index (χ1v) is 47.8. The highest BCUT2D eigenvalue weighted by Gasteiger charge is 2.19. The molecule has 0 bridgehead atoms. The van der Waals surface area contributed by atoms with Crippen molar-refractivity contribution >= 4 is 0 Å². The van der Waals surface area contributed by atoms with Gasteiger partial charge in [0.2, 0.25) is 0 Å². The highest BCUT2D eigenvalue weighted by Crippen LogP contribution is 2.30. The van der Waals surface area contributed by atoms with E-state index in [1.807, 2.05) is 53.7 Å². The summed E-state index contributed by atoms with van der Waals surface area (Å²) in [5, 5.41) is 39.7. The van der Waals surface area contributed by atoms with Crippen molar-refractivity contribution in [2.24, 2.45) is 43.3 Å². The topological polar surface area (TPSA) is 80.9 Å². The van der Waals surface area contributed by atoms with E-state index >= 15 is 0 Å². The molecular formula is C115H214O4. The maximum absolute atomic E-state index is 9.95. The second kappa shape index (κ2) is 79.6. The molecule has 0 aliphatic heterocycles. The predicted octanol–water partition coefficient (Wildman–Crippen LogP) is 38.0. The normalized spacial score (nSPS) is 14.9. The summed E-state index contributed by atoms with van der Waals surface area (Å²) in [4.78, 5) is 0. The minimum atomic E-state index is -0.269. The van der Waals surface area contributed by atoms with Crippen LogP contribution in [0.2, 0.25) is 0 Å². The maximum atomic E-state index is 9.95. The lowest BCUT2D eigenvalue weighted by molar-refractivity contribution is 0.177. The van der Waals surface area contributed by atoms with Gasteiger partial charge >= 0.3 is 0 Å². The molecular weight excluding hydrogens is 1450 g/mol. The Balaban J connectivity index is -0.000000197. The summed E-state index contributed by atoms with van der Waals surface area (Å²) in [6.07, 6.45) is 85.9. The Kier molecular flexibility index (Phi) is 87.1. The van der Waals surface area contributed by atoms with Crippen molar-refractivity contribution in [3.63, 3.8) is 0 Å². The zero-order valence-electron chi connectivity index (χ0n) is 87.9. The second-order valence-corrected chi connectivity index (χ2v) is 43.5. The van der Waals surface area contributed by atoms with Gasteiger partial charge in [-0.2, -0.15) is 0 Å². The van der Waals surface area contributed by atoms with Gasteiger partial charge in [-0.05, 0) is 355 Å². The molecule has 0 heterocycles. The third-order valence-electron chi connectivity index (χ3n) is 19.8. The Morgan fingerprint density at radius 2 is 0.420 bits per heavy atom. The summed E-state index contributed by atoms with van der Waals surface area (Å²) < 4.78 is 0. The monoisotopic (exact) mass is 1660 g/mol. The maximum Gasteiger partial charge on any atom is 0.0747 e. The van der Waals surface area contributed by atoms with Crippen molar-refractivity contribution in [3.05, 3.63) is 190 Å². The van der Waals surface area contributed by atoms with E-state index in [4.69, 9.17) is 0 Å². The van der Waals surface area contributed by atoms with Gasteiger partial charge in [0.25, 0.3) is 0 Å². The molecule has 0 rings (SSSR count). The van der Waals surface area contributed by atoms with Gasteiger partial charge in [-0.25, -0.2) is 0 Å². The first kappa shape index (κ1) is 130. The lowest BCUT2D eigenvalue weighted by Crippen LogP contribution is -2.13. The molecule has 0 aliphatic carbocycles. The lowest BCUT2D eigenvalue weighted by Gasteiger charge is -2.20. The molecule has 0 fully saturated rings. The first-order valence-electron chi connectivity index (χ1n) is 47.8. The van der Waals surface area contributed by atoms with Gasteiger partial charge in [0, 0.05) is 0 Å². The van der Waals surface area contributed by atoms with E-state index in [1.54, 1.807) is 5.57 Å². The van der Waals surface area contributed by atoms with E-state index in [-0.39, 0.29) is 24.4 Å². The van der Waals surface area contributed by atoms with Crippen molar-refractivity contribution in [1.82, 2.24) is 0 Å². The number of aliphatic hydroxyl groups is 4. The van der Waals surface area contributed by atoms with E-state index in [9.17, 15) is 20.4 Å².